The SMILES string of the molecule is O=C(COc1ccccc1)N(CCN1CCOCC1)CC(=O)N(Cc1ccc2c(c1)OCO2)Cc1ccco1. The van der Waals surface area contributed by atoms with Crippen LogP contribution in [0.4, 0.5) is 0 Å². The van der Waals surface area contributed by atoms with E-state index in [2.05, 4.69) is 4.90 Å². The molecular formula is C29H33N3O7. The second kappa shape index (κ2) is 13.2. The Balaban J connectivity index is 1.28. The first-order valence-corrected chi connectivity index (χ1v) is 13.1. The first kappa shape index (κ1) is 26.6. The zero-order chi connectivity index (χ0) is 26.9. The average molecular weight is 536 g/mol. The summed E-state index contributed by atoms with van der Waals surface area (Å²) in [6.07, 6.45) is 1.58. The number of fused-ring (bicyclic) bond motifs is 1. The van der Waals surface area contributed by atoms with Crippen molar-refractivity contribution in [2.75, 3.05) is 59.3 Å². The van der Waals surface area contributed by atoms with Crippen LogP contribution in [0.1, 0.15) is 11.3 Å². The van der Waals surface area contributed by atoms with Gasteiger partial charge in [-0.2, -0.15) is 0 Å². The number of hydrogen-bond acceptors (Lipinski definition) is 8. The summed E-state index contributed by atoms with van der Waals surface area (Å²) >= 11 is 0. The fourth-order valence-corrected chi connectivity index (χ4v) is 4.48. The maximum absolute atomic E-state index is 13.7. The van der Waals surface area contributed by atoms with E-state index >= 15 is 0 Å². The predicted octanol–water partition coefficient (Wildman–Crippen LogP) is 2.78. The second-order valence-corrected chi connectivity index (χ2v) is 9.39. The van der Waals surface area contributed by atoms with Crippen LogP contribution in [0.25, 0.3) is 0 Å². The molecule has 0 aliphatic carbocycles. The van der Waals surface area contributed by atoms with Crippen LogP contribution in [0.3, 0.4) is 0 Å². The lowest BCUT2D eigenvalue weighted by Gasteiger charge is -2.31. The molecule has 0 bridgehead atoms. The molecule has 2 amide bonds. The van der Waals surface area contributed by atoms with E-state index in [4.69, 9.17) is 23.4 Å². The van der Waals surface area contributed by atoms with Crippen LogP contribution in [-0.4, -0.2) is 85.9 Å². The van der Waals surface area contributed by atoms with Gasteiger partial charge in [-0.25, -0.2) is 0 Å². The van der Waals surface area contributed by atoms with Crippen molar-refractivity contribution in [1.29, 1.82) is 0 Å². The summed E-state index contributed by atoms with van der Waals surface area (Å²) in [5, 5.41) is 0. The number of benzene rings is 2. The first-order valence-electron chi connectivity index (χ1n) is 13.1. The van der Waals surface area contributed by atoms with Gasteiger partial charge in [0, 0.05) is 32.7 Å². The lowest BCUT2D eigenvalue weighted by molar-refractivity contribution is -0.142. The van der Waals surface area contributed by atoms with Gasteiger partial charge in [-0.05, 0) is 42.0 Å². The van der Waals surface area contributed by atoms with Gasteiger partial charge in [-0.15, -0.1) is 0 Å². The largest absolute Gasteiger partial charge is 0.484 e. The smallest absolute Gasteiger partial charge is 0.261 e. The van der Waals surface area contributed by atoms with E-state index in [1.807, 2.05) is 42.5 Å². The molecule has 3 aromatic rings. The van der Waals surface area contributed by atoms with E-state index in [0.29, 0.717) is 55.9 Å². The minimum atomic E-state index is -0.249. The van der Waals surface area contributed by atoms with Gasteiger partial charge in [0.15, 0.2) is 18.1 Å². The number of carbonyl (C=O) groups excluding carboxylic acids is 2. The molecule has 0 saturated carbocycles. The number of carbonyl (C=O) groups is 2. The Morgan fingerprint density at radius 1 is 0.872 bits per heavy atom. The van der Waals surface area contributed by atoms with Crippen molar-refractivity contribution in [3.8, 4) is 17.2 Å². The highest BCUT2D eigenvalue weighted by Gasteiger charge is 2.25. The summed E-state index contributed by atoms with van der Waals surface area (Å²) in [4.78, 5) is 32.5. The molecule has 3 heterocycles. The molecule has 0 N–H and O–H groups in total. The summed E-state index contributed by atoms with van der Waals surface area (Å²) in [5.74, 6) is 2.15. The Kier molecular flexibility index (Phi) is 8.97. The van der Waals surface area contributed by atoms with E-state index in [-0.39, 0.29) is 38.3 Å². The number of furan rings is 1. The number of amides is 2. The number of morpholine rings is 1. The van der Waals surface area contributed by atoms with Crippen molar-refractivity contribution < 1.29 is 33.0 Å². The van der Waals surface area contributed by atoms with Crippen LogP contribution in [0.15, 0.2) is 71.3 Å². The number of ether oxygens (including phenoxy) is 4. The third-order valence-corrected chi connectivity index (χ3v) is 6.66. The standard InChI is InChI=1S/C29H33N3O7/c33-28(32(19-25-7-4-14-36-25)18-23-8-9-26-27(17-23)39-22-38-26)20-31(11-10-30-12-15-35-16-13-30)29(34)21-37-24-5-2-1-3-6-24/h1-9,14,17H,10-13,15-16,18-22H2. The monoisotopic (exact) mass is 535 g/mol. The highest BCUT2D eigenvalue weighted by molar-refractivity contribution is 5.85. The predicted molar refractivity (Wildman–Crippen MR) is 141 cm³/mol. The summed E-state index contributed by atoms with van der Waals surface area (Å²) in [7, 11) is 0. The number of para-hydroxylation sites is 1. The molecule has 1 fully saturated rings. The van der Waals surface area contributed by atoms with Crippen molar-refractivity contribution >= 4 is 11.8 Å². The maximum Gasteiger partial charge on any atom is 0.261 e. The minimum absolute atomic E-state index is 0.0768. The van der Waals surface area contributed by atoms with Crippen molar-refractivity contribution in [1.82, 2.24) is 14.7 Å². The van der Waals surface area contributed by atoms with Crippen molar-refractivity contribution in [2.45, 2.75) is 13.1 Å². The quantitative estimate of drug-likeness (QED) is 0.350. The van der Waals surface area contributed by atoms with Gasteiger partial charge in [0.05, 0.1) is 32.6 Å². The Morgan fingerprint density at radius 3 is 2.49 bits per heavy atom. The molecular weight excluding hydrogens is 502 g/mol. The maximum atomic E-state index is 13.7. The van der Waals surface area contributed by atoms with Crippen molar-refractivity contribution in [3.63, 3.8) is 0 Å². The van der Waals surface area contributed by atoms with E-state index in [1.165, 1.54) is 0 Å². The normalized spacial score (nSPS) is 14.7. The van der Waals surface area contributed by atoms with Gasteiger partial charge in [0.2, 0.25) is 12.7 Å². The topological polar surface area (TPSA) is 93.9 Å². The van der Waals surface area contributed by atoms with Crippen LogP contribution < -0.4 is 14.2 Å². The second-order valence-electron chi connectivity index (χ2n) is 9.39. The summed E-state index contributed by atoms with van der Waals surface area (Å²) in [5.41, 5.74) is 0.887. The van der Waals surface area contributed by atoms with Crippen LogP contribution in [0.2, 0.25) is 0 Å². The van der Waals surface area contributed by atoms with E-state index < -0.39 is 0 Å². The average Bonchev–Trinajstić information content (AvgIpc) is 3.66. The fourth-order valence-electron chi connectivity index (χ4n) is 4.48. The number of nitrogens with zero attached hydrogens (tertiary/aromatic N) is 3. The van der Waals surface area contributed by atoms with Gasteiger partial charge in [-0.3, -0.25) is 14.5 Å². The molecule has 206 valence electrons. The van der Waals surface area contributed by atoms with E-state index in [1.54, 1.807) is 34.3 Å². The van der Waals surface area contributed by atoms with Gasteiger partial charge in [0.1, 0.15) is 11.5 Å². The molecule has 2 aromatic carbocycles. The third kappa shape index (κ3) is 7.52. The fraction of sp³-hybridized carbons (Fsp3) is 0.379. The van der Waals surface area contributed by atoms with Crippen molar-refractivity contribution in [2.24, 2.45) is 0 Å². The molecule has 0 radical (unpaired) electrons. The number of rotatable bonds is 12. The van der Waals surface area contributed by atoms with Gasteiger partial charge in [0.25, 0.3) is 5.91 Å². The third-order valence-electron chi connectivity index (χ3n) is 6.66. The van der Waals surface area contributed by atoms with Crippen LogP contribution >= 0.6 is 0 Å². The molecule has 5 rings (SSSR count). The summed E-state index contributed by atoms with van der Waals surface area (Å²) in [6, 6.07) is 18.4. The Bertz CT molecular complexity index is 1210. The first-order chi connectivity index (χ1) is 19.1. The highest BCUT2D eigenvalue weighted by atomic mass is 16.7. The molecule has 10 nitrogen and oxygen atoms in total. The molecule has 10 heteroatoms. The van der Waals surface area contributed by atoms with Crippen LogP contribution in [0, 0.1) is 0 Å². The molecule has 1 aromatic heterocycles. The Morgan fingerprint density at radius 2 is 1.69 bits per heavy atom. The van der Waals surface area contributed by atoms with Crippen LogP contribution in [-0.2, 0) is 27.4 Å². The molecule has 39 heavy (non-hydrogen) atoms. The summed E-state index contributed by atoms with van der Waals surface area (Å²) in [6.45, 7) is 4.51. The number of hydrogen-bond donors (Lipinski definition) is 0. The van der Waals surface area contributed by atoms with Crippen LogP contribution in [0.5, 0.6) is 17.2 Å². The lowest BCUT2D eigenvalue weighted by Crippen LogP contribution is -2.48. The minimum Gasteiger partial charge on any atom is -0.484 e. The molecule has 0 spiro atoms. The van der Waals surface area contributed by atoms with Gasteiger partial charge >= 0.3 is 0 Å². The zero-order valence-corrected chi connectivity index (χ0v) is 21.8. The molecule has 2 aliphatic heterocycles. The van der Waals surface area contributed by atoms with Gasteiger partial charge < -0.3 is 33.2 Å². The van der Waals surface area contributed by atoms with E-state index in [0.717, 1.165) is 18.7 Å². The molecule has 1 saturated heterocycles. The lowest BCUT2D eigenvalue weighted by atomic mass is 10.2. The Labute approximate surface area is 227 Å². The molecule has 0 atom stereocenters. The van der Waals surface area contributed by atoms with Gasteiger partial charge in [-0.1, -0.05) is 24.3 Å². The zero-order valence-electron chi connectivity index (χ0n) is 21.8. The van der Waals surface area contributed by atoms with E-state index in [9.17, 15) is 9.59 Å². The summed E-state index contributed by atoms with van der Waals surface area (Å²) < 4.78 is 27.6. The Hall–Kier alpha value is -4.02. The molecule has 2 aliphatic rings. The highest BCUT2D eigenvalue weighted by Crippen LogP contribution is 2.33. The van der Waals surface area contributed by atoms with Crippen molar-refractivity contribution in [3.05, 3.63) is 78.3 Å². The molecule has 0 unspecified atom stereocenters.